The molecule has 2 aromatic rings. The van der Waals surface area contributed by atoms with Crippen LogP contribution in [0.25, 0.3) is 6.08 Å². The van der Waals surface area contributed by atoms with Crippen molar-refractivity contribution in [1.82, 2.24) is 9.21 Å². The molecule has 29 heavy (non-hydrogen) atoms. The summed E-state index contributed by atoms with van der Waals surface area (Å²) in [4.78, 5) is 13.8. The van der Waals surface area contributed by atoms with E-state index in [1.54, 1.807) is 25.3 Å². The Kier molecular flexibility index (Phi) is 6.84. The van der Waals surface area contributed by atoms with Gasteiger partial charge in [-0.25, -0.2) is 8.42 Å². The van der Waals surface area contributed by atoms with Crippen LogP contribution < -0.4 is 4.74 Å². The van der Waals surface area contributed by atoms with E-state index in [-0.39, 0.29) is 5.78 Å². The first-order valence-electron chi connectivity index (χ1n) is 9.52. The van der Waals surface area contributed by atoms with Crippen molar-refractivity contribution in [2.45, 2.75) is 13.5 Å². The zero-order valence-corrected chi connectivity index (χ0v) is 17.6. The molecule has 154 valence electrons. The van der Waals surface area contributed by atoms with Gasteiger partial charge in [0.2, 0.25) is 10.0 Å². The zero-order chi connectivity index (χ0) is 20.9. The van der Waals surface area contributed by atoms with Gasteiger partial charge in [0.15, 0.2) is 5.78 Å². The highest BCUT2D eigenvalue weighted by atomic mass is 32.2. The number of carbonyl (C=O) groups excluding carboxylic acids is 1. The van der Waals surface area contributed by atoms with Gasteiger partial charge in [0.05, 0.1) is 7.11 Å². The van der Waals surface area contributed by atoms with Gasteiger partial charge in [0.25, 0.3) is 0 Å². The van der Waals surface area contributed by atoms with Gasteiger partial charge in [-0.2, -0.15) is 4.31 Å². The van der Waals surface area contributed by atoms with Gasteiger partial charge >= 0.3 is 0 Å². The molecular weight excluding hydrogens is 388 g/mol. The van der Waals surface area contributed by atoms with Crippen LogP contribution in [0.3, 0.4) is 0 Å². The summed E-state index contributed by atoms with van der Waals surface area (Å²) in [6, 6.07) is 14.8. The molecule has 0 aliphatic carbocycles. The normalized spacial score (nSPS) is 16.2. The average Bonchev–Trinajstić information content (AvgIpc) is 2.73. The predicted octanol–water partition coefficient (Wildman–Crippen LogP) is 3.02. The third kappa shape index (κ3) is 5.53. The van der Waals surface area contributed by atoms with Crippen molar-refractivity contribution in [3.8, 4) is 5.75 Å². The molecule has 1 heterocycles. The Morgan fingerprint density at radius 2 is 1.76 bits per heavy atom. The van der Waals surface area contributed by atoms with E-state index in [2.05, 4.69) is 4.90 Å². The minimum Gasteiger partial charge on any atom is -0.496 e. The van der Waals surface area contributed by atoms with E-state index in [0.29, 0.717) is 38.3 Å². The van der Waals surface area contributed by atoms with Crippen LogP contribution in [0.4, 0.5) is 0 Å². The fraction of sp³-hybridized carbons (Fsp3) is 0.318. The van der Waals surface area contributed by atoms with Crippen LogP contribution in [0.2, 0.25) is 0 Å². The smallest absolute Gasteiger partial charge is 0.236 e. The van der Waals surface area contributed by atoms with Gasteiger partial charge in [0.1, 0.15) is 5.75 Å². The molecule has 0 atom stereocenters. The molecule has 0 amide bonds. The molecule has 2 aromatic carbocycles. The van der Waals surface area contributed by atoms with E-state index in [9.17, 15) is 13.2 Å². The predicted molar refractivity (Wildman–Crippen MR) is 114 cm³/mol. The van der Waals surface area contributed by atoms with E-state index in [1.165, 1.54) is 16.6 Å². The summed E-state index contributed by atoms with van der Waals surface area (Å²) in [6.07, 6.45) is 1.62. The van der Waals surface area contributed by atoms with Crippen LogP contribution in [-0.4, -0.2) is 56.7 Å². The highest BCUT2D eigenvalue weighted by Gasteiger charge is 2.25. The second kappa shape index (κ2) is 9.35. The highest BCUT2D eigenvalue weighted by molar-refractivity contribution is 7.92. The number of benzene rings is 2. The number of ether oxygens (including phenoxy) is 1. The Bertz CT molecular complexity index is 979. The monoisotopic (exact) mass is 414 g/mol. The lowest BCUT2D eigenvalue weighted by Crippen LogP contribution is -2.47. The number of hydrogen-bond acceptors (Lipinski definition) is 5. The van der Waals surface area contributed by atoms with E-state index < -0.39 is 10.0 Å². The first-order chi connectivity index (χ1) is 13.9. The molecule has 1 aliphatic rings. The van der Waals surface area contributed by atoms with Crippen LogP contribution in [0.15, 0.2) is 53.9 Å². The lowest BCUT2D eigenvalue weighted by atomic mass is 10.1. The highest BCUT2D eigenvalue weighted by Crippen LogP contribution is 2.23. The summed E-state index contributed by atoms with van der Waals surface area (Å²) in [5.41, 5.74) is 2.43. The molecule has 1 fully saturated rings. The number of sulfonamides is 1. The maximum atomic E-state index is 12.6. The van der Waals surface area contributed by atoms with Crippen molar-refractivity contribution >= 4 is 21.9 Å². The van der Waals surface area contributed by atoms with Crippen LogP contribution in [0.1, 0.15) is 28.4 Å². The number of carbonyl (C=O) groups is 1. The summed E-state index contributed by atoms with van der Waals surface area (Å²) in [7, 11) is -1.84. The number of nitrogens with zero attached hydrogens (tertiary/aromatic N) is 2. The third-order valence-corrected chi connectivity index (χ3v) is 6.57. The Morgan fingerprint density at radius 1 is 1.07 bits per heavy atom. The van der Waals surface area contributed by atoms with E-state index in [0.717, 1.165) is 16.9 Å². The molecule has 6 nitrogen and oxygen atoms in total. The summed E-state index contributed by atoms with van der Waals surface area (Å²) in [5.74, 6) is 0.742. The second-order valence-electron chi connectivity index (χ2n) is 7.02. The average molecular weight is 415 g/mol. The van der Waals surface area contributed by atoms with E-state index in [1.807, 2.05) is 36.4 Å². The molecule has 0 radical (unpaired) electrons. The summed E-state index contributed by atoms with van der Waals surface area (Å²) in [6.45, 7) is 4.24. The lowest BCUT2D eigenvalue weighted by molar-refractivity contribution is 0.101. The number of methoxy groups -OCH3 is 1. The van der Waals surface area contributed by atoms with Gasteiger partial charge in [0, 0.05) is 49.3 Å². The van der Waals surface area contributed by atoms with Gasteiger partial charge in [-0.1, -0.05) is 30.3 Å². The largest absolute Gasteiger partial charge is 0.496 e. The standard InChI is InChI=1S/C22H26N2O4S/c1-18(25)20-8-9-22(28-2)21(16-20)17-23-11-13-24(14-12-23)29(26,27)15-10-19-6-4-3-5-7-19/h3-10,15-16H,11-14,17H2,1-2H3/b15-10+. The Labute approximate surface area is 172 Å². The van der Waals surface area contributed by atoms with E-state index >= 15 is 0 Å². The molecule has 0 unspecified atom stereocenters. The topological polar surface area (TPSA) is 66.9 Å². The molecular formula is C22H26N2O4S. The van der Waals surface area contributed by atoms with Gasteiger partial charge in [-0.3, -0.25) is 9.69 Å². The van der Waals surface area contributed by atoms with Gasteiger partial charge in [-0.15, -0.1) is 0 Å². The van der Waals surface area contributed by atoms with Crippen molar-refractivity contribution < 1.29 is 17.9 Å². The van der Waals surface area contributed by atoms with Crippen LogP contribution >= 0.6 is 0 Å². The Balaban J connectivity index is 1.63. The van der Waals surface area contributed by atoms with Crippen LogP contribution in [0, 0.1) is 0 Å². The molecule has 0 aromatic heterocycles. The van der Waals surface area contributed by atoms with Gasteiger partial charge < -0.3 is 4.74 Å². The summed E-state index contributed by atoms with van der Waals surface area (Å²) in [5, 5.41) is 1.28. The number of Topliss-reactive ketones (excluding diaryl/α,β-unsaturated/α-hetero) is 1. The Hall–Kier alpha value is -2.48. The lowest BCUT2D eigenvalue weighted by Gasteiger charge is -2.33. The zero-order valence-electron chi connectivity index (χ0n) is 16.7. The Morgan fingerprint density at radius 3 is 2.38 bits per heavy atom. The molecule has 0 saturated carbocycles. The van der Waals surface area contributed by atoms with Crippen molar-refractivity contribution in [3.05, 3.63) is 70.6 Å². The summed E-state index contributed by atoms with van der Waals surface area (Å²) < 4.78 is 32.1. The molecule has 1 saturated heterocycles. The maximum absolute atomic E-state index is 12.6. The molecule has 1 aliphatic heterocycles. The fourth-order valence-corrected chi connectivity index (χ4v) is 4.49. The van der Waals surface area contributed by atoms with Crippen molar-refractivity contribution in [2.24, 2.45) is 0 Å². The number of rotatable bonds is 7. The maximum Gasteiger partial charge on any atom is 0.236 e. The van der Waals surface area contributed by atoms with E-state index in [4.69, 9.17) is 4.74 Å². The van der Waals surface area contributed by atoms with Crippen LogP contribution in [0.5, 0.6) is 5.75 Å². The first-order valence-corrected chi connectivity index (χ1v) is 11.0. The molecule has 7 heteroatoms. The van der Waals surface area contributed by atoms with Crippen molar-refractivity contribution in [2.75, 3.05) is 33.3 Å². The fourth-order valence-electron chi connectivity index (χ4n) is 3.32. The molecule has 0 spiro atoms. The molecule has 0 bridgehead atoms. The summed E-state index contributed by atoms with van der Waals surface area (Å²) >= 11 is 0. The quantitative estimate of drug-likeness (QED) is 0.652. The van der Waals surface area contributed by atoms with Crippen molar-refractivity contribution in [3.63, 3.8) is 0 Å². The number of piperazine rings is 1. The SMILES string of the molecule is COc1ccc(C(C)=O)cc1CN1CCN(S(=O)(=O)/C=C/c2ccccc2)CC1. The van der Waals surface area contributed by atoms with Crippen LogP contribution in [-0.2, 0) is 16.6 Å². The number of ketones is 1. The molecule has 0 N–H and O–H groups in total. The second-order valence-corrected chi connectivity index (χ2v) is 8.83. The van der Waals surface area contributed by atoms with Crippen molar-refractivity contribution in [1.29, 1.82) is 0 Å². The van der Waals surface area contributed by atoms with Gasteiger partial charge in [-0.05, 0) is 36.8 Å². The number of hydrogen-bond donors (Lipinski definition) is 0. The first kappa shape index (κ1) is 21.2. The third-order valence-electron chi connectivity index (χ3n) is 5.00. The molecule has 3 rings (SSSR count). The minimum absolute atomic E-state index is 0.00928. The minimum atomic E-state index is -3.45.